The first-order chi connectivity index (χ1) is 11.2. The first-order valence-corrected chi connectivity index (χ1v) is 9.00. The molecule has 1 aliphatic rings. The number of anilines is 1. The summed E-state index contributed by atoms with van der Waals surface area (Å²) in [4.78, 5) is 14.3. The zero-order valence-electron chi connectivity index (χ0n) is 14.5. The van der Waals surface area contributed by atoms with Crippen LogP contribution in [0.5, 0.6) is 0 Å². The van der Waals surface area contributed by atoms with Gasteiger partial charge in [-0.3, -0.25) is 0 Å². The van der Waals surface area contributed by atoms with Gasteiger partial charge >= 0.3 is 5.97 Å². The summed E-state index contributed by atoms with van der Waals surface area (Å²) in [5.74, 6) is -0.235. The van der Waals surface area contributed by atoms with E-state index < -0.39 is 0 Å². The van der Waals surface area contributed by atoms with Gasteiger partial charge in [-0.15, -0.1) is 0 Å². The van der Waals surface area contributed by atoms with E-state index in [0.29, 0.717) is 18.2 Å². The molecule has 1 N–H and O–H groups in total. The molecule has 0 bridgehead atoms. The van der Waals surface area contributed by atoms with Gasteiger partial charge in [0.1, 0.15) is 6.61 Å². The number of nitrogens with zero attached hydrogens (tertiary/aromatic N) is 1. The third kappa shape index (κ3) is 5.54. The van der Waals surface area contributed by atoms with Gasteiger partial charge in [0.2, 0.25) is 0 Å². The number of esters is 1. The fourth-order valence-corrected chi connectivity index (χ4v) is 3.19. The molecule has 0 saturated heterocycles. The molecule has 1 fully saturated rings. The molecule has 128 valence electrons. The number of hydrogen-bond donors (Lipinski definition) is 1. The van der Waals surface area contributed by atoms with Gasteiger partial charge in [0, 0.05) is 31.4 Å². The van der Waals surface area contributed by atoms with E-state index in [9.17, 15) is 4.79 Å². The molecule has 4 nitrogen and oxygen atoms in total. The van der Waals surface area contributed by atoms with Crippen molar-refractivity contribution in [3.05, 3.63) is 29.8 Å². The van der Waals surface area contributed by atoms with Crippen LogP contribution < -0.4 is 10.2 Å². The number of carbonyl (C=O) groups excluding carboxylic acids is 1. The largest absolute Gasteiger partial charge is 0.461 e. The molecular formula is C19H30N2O2. The van der Waals surface area contributed by atoms with Gasteiger partial charge in [-0.25, -0.2) is 4.79 Å². The van der Waals surface area contributed by atoms with Crippen LogP contribution in [0.2, 0.25) is 0 Å². The highest BCUT2D eigenvalue weighted by Gasteiger charge is 2.13. The predicted molar refractivity (Wildman–Crippen MR) is 95.2 cm³/mol. The van der Waals surface area contributed by atoms with Gasteiger partial charge in [-0.2, -0.15) is 0 Å². The Morgan fingerprint density at radius 1 is 1.13 bits per heavy atom. The Morgan fingerprint density at radius 3 is 2.39 bits per heavy atom. The van der Waals surface area contributed by atoms with Crippen LogP contribution in [0.15, 0.2) is 24.3 Å². The molecule has 1 aliphatic carbocycles. The Morgan fingerprint density at radius 2 is 1.78 bits per heavy atom. The zero-order chi connectivity index (χ0) is 16.5. The van der Waals surface area contributed by atoms with Crippen LogP contribution in [0.3, 0.4) is 0 Å². The van der Waals surface area contributed by atoms with Gasteiger partial charge < -0.3 is 15.0 Å². The highest BCUT2D eigenvalue weighted by Crippen LogP contribution is 2.17. The summed E-state index contributed by atoms with van der Waals surface area (Å²) in [5, 5.41) is 3.48. The minimum Gasteiger partial charge on any atom is -0.461 e. The average molecular weight is 318 g/mol. The molecule has 0 radical (unpaired) electrons. The quantitative estimate of drug-likeness (QED) is 0.587. The summed E-state index contributed by atoms with van der Waals surface area (Å²) in [6.45, 7) is 7.37. The number of benzene rings is 1. The van der Waals surface area contributed by atoms with Crippen LogP contribution in [0.4, 0.5) is 5.69 Å². The molecular weight excluding hydrogens is 288 g/mol. The van der Waals surface area contributed by atoms with E-state index in [1.807, 2.05) is 24.3 Å². The summed E-state index contributed by atoms with van der Waals surface area (Å²) in [7, 11) is 0. The molecule has 1 aromatic rings. The van der Waals surface area contributed by atoms with E-state index in [1.165, 1.54) is 32.1 Å². The number of nitrogens with one attached hydrogen (secondary N) is 1. The highest BCUT2D eigenvalue weighted by molar-refractivity contribution is 5.89. The lowest BCUT2D eigenvalue weighted by molar-refractivity contribution is 0.0504. The average Bonchev–Trinajstić information content (AvgIpc) is 2.61. The predicted octanol–water partition coefficient (Wildman–Crippen LogP) is 3.61. The van der Waals surface area contributed by atoms with Crippen molar-refractivity contribution in [2.45, 2.75) is 52.0 Å². The first-order valence-electron chi connectivity index (χ1n) is 9.00. The van der Waals surface area contributed by atoms with E-state index in [2.05, 4.69) is 24.1 Å². The van der Waals surface area contributed by atoms with Crippen molar-refractivity contribution in [2.24, 2.45) is 0 Å². The molecule has 1 aromatic carbocycles. The summed E-state index contributed by atoms with van der Waals surface area (Å²) < 4.78 is 5.36. The van der Waals surface area contributed by atoms with E-state index in [4.69, 9.17) is 4.74 Å². The van der Waals surface area contributed by atoms with Crippen LogP contribution in [0.25, 0.3) is 0 Å². The Hall–Kier alpha value is -1.55. The maximum Gasteiger partial charge on any atom is 0.338 e. The number of carbonyl (C=O) groups is 1. The van der Waals surface area contributed by atoms with Crippen LogP contribution in [0.1, 0.15) is 56.3 Å². The highest BCUT2D eigenvalue weighted by atomic mass is 16.5. The second-order valence-electron chi connectivity index (χ2n) is 6.14. The first kappa shape index (κ1) is 17.8. The fourth-order valence-electron chi connectivity index (χ4n) is 3.19. The standard InChI is InChI=1S/C19H30N2O2/c1-3-21(4-2)18-12-10-16(11-13-18)19(22)23-15-14-20-17-8-6-5-7-9-17/h10-13,17,20H,3-9,14-15H2,1-2H3. The van der Waals surface area contributed by atoms with Crippen molar-refractivity contribution in [2.75, 3.05) is 31.1 Å². The van der Waals surface area contributed by atoms with Crippen LogP contribution >= 0.6 is 0 Å². The van der Waals surface area contributed by atoms with Crippen molar-refractivity contribution in [3.63, 3.8) is 0 Å². The molecule has 4 heteroatoms. The lowest BCUT2D eigenvalue weighted by atomic mass is 9.96. The van der Waals surface area contributed by atoms with Crippen LogP contribution in [0, 0.1) is 0 Å². The second kappa shape index (κ2) is 9.56. The van der Waals surface area contributed by atoms with Crippen molar-refractivity contribution in [3.8, 4) is 0 Å². The topological polar surface area (TPSA) is 41.6 Å². The number of hydrogen-bond acceptors (Lipinski definition) is 4. The maximum atomic E-state index is 12.1. The monoisotopic (exact) mass is 318 g/mol. The third-order valence-electron chi connectivity index (χ3n) is 4.60. The second-order valence-corrected chi connectivity index (χ2v) is 6.14. The Labute approximate surface area is 140 Å². The number of ether oxygens (including phenoxy) is 1. The molecule has 0 unspecified atom stereocenters. The van der Waals surface area contributed by atoms with Crippen molar-refractivity contribution in [1.29, 1.82) is 0 Å². The lowest BCUT2D eigenvalue weighted by Gasteiger charge is -2.22. The summed E-state index contributed by atoms with van der Waals surface area (Å²) in [6, 6.07) is 8.29. The van der Waals surface area contributed by atoms with Gasteiger partial charge in [0.15, 0.2) is 0 Å². The van der Waals surface area contributed by atoms with Gasteiger partial charge in [-0.05, 0) is 51.0 Å². The normalized spacial score (nSPS) is 15.4. The van der Waals surface area contributed by atoms with Gasteiger partial charge in [-0.1, -0.05) is 19.3 Å². The molecule has 0 aliphatic heterocycles. The third-order valence-corrected chi connectivity index (χ3v) is 4.60. The minimum atomic E-state index is -0.235. The zero-order valence-corrected chi connectivity index (χ0v) is 14.5. The Kier molecular flexibility index (Phi) is 7.40. The van der Waals surface area contributed by atoms with Crippen LogP contribution in [-0.4, -0.2) is 38.3 Å². The molecule has 23 heavy (non-hydrogen) atoms. The summed E-state index contributed by atoms with van der Waals surface area (Å²) >= 11 is 0. The number of rotatable bonds is 8. The molecule has 0 aromatic heterocycles. The van der Waals surface area contributed by atoms with Crippen molar-refractivity contribution in [1.82, 2.24) is 5.32 Å². The lowest BCUT2D eigenvalue weighted by Crippen LogP contribution is -2.33. The SMILES string of the molecule is CCN(CC)c1ccc(C(=O)OCCNC2CCCCC2)cc1. The van der Waals surface area contributed by atoms with Crippen molar-refractivity contribution >= 4 is 11.7 Å². The minimum absolute atomic E-state index is 0.235. The Balaban J connectivity index is 1.72. The Bertz CT molecular complexity index is 463. The van der Waals surface area contributed by atoms with Gasteiger partial charge in [0.25, 0.3) is 0 Å². The molecule has 1 saturated carbocycles. The van der Waals surface area contributed by atoms with E-state index in [0.717, 1.165) is 25.3 Å². The molecule has 2 rings (SSSR count). The summed E-state index contributed by atoms with van der Waals surface area (Å²) in [5.41, 5.74) is 1.77. The smallest absolute Gasteiger partial charge is 0.338 e. The maximum absolute atomic E-state index is 12.1. The van der Waals surface area contributed by atoms with E-state index in [-0.39, 0.29) is 5.97 Å². The molecule has 0 spiro atoms. The molecule has 0 amide bonds. The van der Waals surface area contributed by atoms with E-state index >= 15 is 0 Å². The fraction of sp³-hybridized carbons (Fsp3) is 0.632. The summed E-state index contributed by atoms with van der Waals surface area (Å²) in [6.07, 6.45) is 6.49. The van der Waals surface area contributed by atoms with Gasteiger partial charge in [0.05, 0.1) is 5.56 Å². The molecule has 0 heterocycles. The van der Waals surface area contributed by atoms with E-state index in [1.54, 1.807) is 0 Å². The molecule has 0 atom stereocenters. The van der Waals surface area contributed by atoms with Crippen LogP contribution in [-0.2, 0) is 4.74 Å². The van der Waals surface area contributed by atoms with Crippen molar-refractivity contribution < 1.29 is 9.53 Å².